The van der Waals surface area contributed by atoms with Crippen molar-refractivity contribution in [1.82, 2.24) is 5.32 Å². The molecule has 1 aliphatic carbocycles. The van der Waals surface area contributed by atoms with Crippen molar-refractivity contribution in [2.24, 2.45) is 0 Å². The minimum atomic E-state index is -1.02. The molecule has 0 heterocycles. The number of non-ortho nitro benzene ring substituents is 1. The van der Waals surface area contributed by atoms with E-state index in [0.717, 1.165) is 12.8 Å². The van der Waals surface area contributed by atoms with Crippen LogP contribution in [0.3, 0.4) is 0 Å². The summed E-state index contributed by atoms with van der Waals surface area (Å²) in [6.45, 7) is 0.198. The molecule has 1 amide bonds. The van der Waals surface area contributed by atoms with Gasteiger partial charge in [0.15, 0.2) is 11.6 Å². The van der Waals surface area contributed by atoms with Crippen LogP contribution in [-0.4, -0.2) is 23.4 Å². The highest BCUT2D eigenvalue weighted by molar-refractivity contribution is 5.76. The summed E-state index contributed by atoms with van der Waals surface area (Å²) >= 11 is 0. The minimum absolute atomic E-state index is 0.0797. The SMILES string of the molecule is O=C(CCCNc1c(F)cc([N+](=O)[O-])cc1F)NC1CC1. The summed E-state index contributed by atoms with van der Waals surface area (Å²) in [4.78, 5) is 21.0. The van der Waals surface area contributed by atoms with Crippen molar-refractivity contribution in [2.75, 3.05) is 11.9 Å². The molecule has 1 fully saturated rings. The second kappa shape index (κ2) is 6.47. The second-order valence-corrected chi connectivity index (χ2v) is 4.91. The number of hydrogen-bond acceptors (Lipinski definition) is 4. The van der Waals surface area contributed by atoms with Crippen LogP contribution in [0.4, 0.5) is 20.2 Å². The van der Waals surface area contributed by atoms with E-state index >= 15 is 0 Å². The molecule has 21 heavy (non-hydrogen) atoms. The number of nitrogens with zero attached hydrogens (tertiary/aromatic N) is 1. The van der Waals surface area contributed by atoms with E-state index in [1.807, 2.05) is 0 Å². The molecule has 1 saturated carbocycles. The maximum atomic E-state index is 13.6. The van der Waals surface area contributed by atoms with E-state index in [1.165, 1.54) is 0 Å². The molecule has 1 aromatic rings. The number of anilines is 1. The first-order valence-electron chi connectivity index (χ1n) is 6.64. The number of amides is 1. The fraction of sp³-hybridized carbons (Fsp3) is 0.462. The van der Waals surface area contributed by atoms with Gasteiger partial charge in [0.05, 0.1) is 17.1 Å². The number of nitro groups is 1. The van der Waals surface area contributed by atoms with Crippen molar-refractivity contribution in [1.29, 1.82) is 0 Å². The average Bonchev–Trinajstić information content (AvgIpc) is 3.20. The zero-order chi connectivity index (χ0) is 15.4. The average molecular weight is 299 g/mol. The second-order valence-electron chi connectivity index (χ2n) is 4.91. The van der Waals surface area contributed by atoms with Gasteiger partial charge < -0.3 is 10.6 Å². The molecule has 2 N–H and O–H groups in total. The lowest BCUT2D eigenvalue weighted by Crippen LogP contribution is -2.25. The van der Waals surface area contributed by atoms with E-state index < -0.39 is 27.9 Å². The molecule has 114 valence electrons. The molecule has 0 aliphatic heterocycles. The fourth-order valence-corrected chi connectivity index (χ4v) is 1.82. The van der Waals surface area contributed by atoms with Gasteiger partial charge in [0.1, 0.15) is 5.69 Å². The number of rotatable bonds is 7. The van der Waals surface area contributed by atoms with Crippen LogP contribution in [0.2, 0.25) is 0 Å². The van der Waals surface area contributed by atoms with Gasteiger partial charge in [-0.25, -0.2) is 8.78 Å². The van der Waals surface area contributed by atoms with E-state index in [0.29, 0.717) is 18.6 Å². The Bertz CT molecular complexity index is 539. The van der Waals surface area contributed by atoms with Gasteiger partial charge in [0, 0.05) is 19.0 Å². The molecule has 0 spiro atoms. The molecule has 0 radical (unpaired) electrons. The van der Waals surface area contributed by atoms with Gasteiger partial charge in [-0.15, -0.1) is 0 Å². The lowest BCUT2D eigenvalue weighted by atomic mass is 10.2. The first-order chi connectivity index (χ1) is 9.97. The standard InChI is InChI=1S/C13H15F2N3O3/c14-10-6-9(18(20)21)7-11(15)13(10)16-5-1-2-12(19)17-8-3-4-8/h6-8,16H,1-5H2,(H,17,19). The number of carbonyl (C=O) groups excluding carboxylic acids is 1. The molecule has 1 aliphatic rings. The molecule has 0 bridgehead atoms. The van der Waals surface area contributed by atoms with Crippen LogP contribution >= 0.6 is 0 Å². The van der Waals surface area contributed by atoms with Gasteiger partial charge >= 0.3 is 0 Å². The summed E-state index contributed by atoms with van der Waals surface area (Å²) in [6.07, 6.45) is 2.68. The molecule has 0 aromatic heterocycles. The van der Waals surface area contributed by atoms with Crippen molar-refractivity contribution in [3.05, 3.63) is 33.9 Å². The first-order valence-corrected chi connectivity index (χ1v) is 6.64. The largest absolute Gasteiger partial charge is 0.380 e. The van der Waals surface area contributed by atoms with Crippen LogP contribution in [0.5, 0.6) is 0 Å². The van der Waals surface area contributed by atoms with Crippen LogP contribution in [-0.2, 0) is 4.79 Å². The summed E-state index contributed by atoms with van der Waals surface area (Å²) in [5, 5.41) is 15.8. The van der Waals surface area contributed by atoms with Crippen LogP contribution in [0.15, 0.2) is 12.1 Å². The summed E-state index contributed by atoms with van der Waals surface area (Å²) in [6, 6.07) is 1.60. The Morgan fingerprint density at radius 2 is 1.95 bits per heavy atom. The lowest BCUT2D eigenvalue weighted by Gasteiger charge is -2.08. The van der Waals surface area contributed by atoms with E-state index in [-0.39, 0.29) is 24.9 Å². The summed E-state index contributed by atoms with van der Waals surface area (Å²) in [5.41, 5.74) is -1.05. The Kier molecular flexibility index (Phi) is 4.66. The number of hydrogen-bond donors (Lipinski definition) is 2. The lowest BCUT2D eigenvalue weighted by molar-refractivity contribution is -0.385. The quantitative estimate of drug-likeness (QED) is 0.460. The van der Waals surface area contributed by atoms with Crippen LogP contribution < -0.4 is 10.6 Å². The molecular formula is C13H15F2N3O3. The topological polar surface area (TPSA) is 84.3 Å². The third-order valence-corrected chi connectivity index (χ3v) is 3.06. The van der Waals surface area contributed by atoms with E-state index in [9.17, 15) is 23.7 Å². The van der Waals surface area contributed by atoms with Gasteiger partial charge in [0.25, 0.3) is 5.69 Å². The zero-order valence-corrected chi connectivity index (χ0v) is 11.2. The van der Waals surface area contributed by atoms with Crippen molar-refractivity contribution in [3.63, 3.8) is 0 Å². The molecule has 0 atom stereocenters. The van der Waals surface area contributed by atoms with Gasteiger partial charge in [0.2, 0.25) is 5.91 Å². The van der Waals surface area contributed by atoms with Crippen molar-refractivity contribution in [3.8, 4) is 0 Å². The Morgan fingerprint density at radius 3 is 2.48 bits per heavy atom. The summed E-state index contributed by atoms with van der Waals surface area (Å²) in [7, 11) is 0. The van der Waals surface area contributed by atoms with Crippen molar-refractivity contribution >= 4 is 17.3 Å². The van der Waals surface area contributed by atoms with Gasteiger partial charge in [-0.05, 0) is 19.3 Å². The maximum Gasteiger partial charge on any atom is 0.275 e. The Hall–Kier alpha value is -2.25. The van der Waals surface area contributed by atoms with Gasteiger partial charge in [-0.2, -0.15) is 0 Å². The van der Waals surface area contributed by atoms with Crippen molar-refractivity contribution < 1.29 is 18.5 Å². The predicted octanol–water partition coefficient (Wildman–Crippen LogP) is 2.34. The Morgan fingerprint density at radius 1 is 1.33 bits per heavy atom. The molecule has 1 aromatic carbocycles. The molecule has 6 nitrogen and oxygen atoms in total. The van der Waals surface area contributed by atoms with Gasteiger partial charge in [-0.3, -0.25) is 14.9 Å². The highest BCUT2D eigenvalue weighted by atomic mass is 19.1. The number of nitro benzene ring substituents is 1. The Labute approximate surface area is 119 Å². The highest BCUT2D eigenvalue weighted by Crippen LogP contribution is 2.24. The fourth-order valence-electron chi connectivity index (χ4n) is 1.82. The Balaban J connectivity index is 1.82. The van der Waals surface area contributed by atoms with E-state index in [4.69, 9.17) is 0 Å². The minimum Gasteiger partial charge on any atom is -0.380 e. The third-order valence-electron chi connectivity index (χ3n) is 3.06. The normalized spacial score (nSPS) is 13.8. The van der Waals surface area contributed by atoms with Gasteiger partial charge in [-0.1, -0.05) is 0 Å². The molecule has 2 rings (SSSR count). The smallest absolute Gasteiger partial charge is 0.275 e. The first kappa shape index (κ1) is 15.1. The predicted molar refractivity (Wildman–Crippen MR) is 71.9 cm³/mol. The zero-order valence-electron chi connectivity index (χ0n) is 11.2. The third kappa shape index (κ3) is 4.37. The summed E-state index contributed by atoms with van der Waals surface area (Å²) in [5.74, 6) is -2.13. The number of nitrogens with one attached hydrogen (secondary N) is 2. The number of benzene rings is 1. The van der Waals surface area contributed by atoms with E-state index in [1.54, 1.807) is 0 Å². The van der Waals surface area contributed by atoms with E-state index in [2.05, 4.69) is 10.6 Å². The monoisotopic (exact) mass is 299 g/mol. The molecule has 8 heteroatoms. The van der Waals surface area contributed by atoms with Crippen LogP contribution in [0, 0.1) is 21.7 Å². The molecule has 0 unspecified atom stereocenters. The molecular weight excluding hydrogens is 284 g/mol. The number of carbonyl (C=O) groups is 1. The number of halogens is 2. The summed E-state index contributed by atoms with van der Waals surface area (Å²) < 4.78 is 27.1. The van der Waals surface area contributed by atoms with Crippen LogP contribution in [0.1, 0.15) is 25.7 Å². The van der Waals surface area contributed by atoms with Crippen LogP contribution in [0.25, 0.3) is 0 Å². The maximum absolute atomic E-state index is 13.6. The highest BCUT2D eigenvalue weighted by Gasteiger charge is 2.22. The van der Waals surface area contributed by atoms with Crippen molar-refractivity contribution in [2.45, 2.75) is 31.7 Å². The molecule has 0 saturated heterocycles.